The molecule has 1 heterocycles. The fraction of sp³-hybridized carbons (Fsp3) is 0.318. The highest BCUT2D eigenvalue weighted by Crippen LogP contribution is 2.25. The zero-order valence-corrected chi connectivity index (χ0v) is 18.8. The SMILES string of the molecule is CC(C)(C)c1ccc(N(CC(=O)NCc2nc(-c3ccccc3)no2)S(C)(=O)=O)cc1. The molecule has 0 saturated heterocycles. The van der Waals surface area contributed by atoms with Crippen LogP contribution in [0.4, 0.5) is 5.69 Å². The molecule has 0 aliphatic rings. The summed E-state index contributed by atoms with van der Waals surface area (Å²) in [6.45, 7) is 5.87. The van der Waals surface area contributed by atoms with Crippen LogP contribution in [-0.4, -0.2) is 37.3 Å². The van der Waals surface area contributed by atoms with Crippen LogP contribution in [0.1, 0.15) is 32.2 Å². The van der Waals surface area contributed by atoms with Crippen molar-refractivity contribution in [2.24, 2.45) is 0 Å². The maximum Gasteiger partial charge on any atom is 0.246 e. The summed E-state index contributed by atoms with van der Waals surface area (Å²) in [6, 6.07) is 16.5. The van der Waals surface area contributed by atoms with Gasteiger partial charge in [-0.1, -0.05) is 68.4 Å². The summed E-state index contributed by atoms with van der Waals surface area (Å²) in [6.07, 6.45) is 1.07. The van der Waals surface area contributed by atoms with Gasteiger partial charge in [0.05, 0.1) is 18.5 Å². The molecule has 0 atom stereocenters. The van der Waals surface area contributed by atoms with Crippen molar-refractivity contribution in [3.05, 3.63) is 66.1 Å². The summed E-state index contributed by atoms with van der Waals surface area (Å²) >= 11 is 0. The first-order valence-corrected chi connectivity index (χ1v) is 11.6. The van der Waals surface area contributed by atoms with Gasteiger partial charge >= 0.3 is 0 Å². The van der Waals surface area contributed by atoms with Crippen molar-refractivity contribution in [1.29, 1.82) is 0 Å². The van der Waals surface area contributed by atoms with Gasteiger partial charge in [0.25, 0.3) is 0 Å². The first-order valence-electron chi connectivity index (χ1n) is 9.77. The Morgan fingerprint density at radius 3 is 2.29 bits per heavy atom. The molecule has 0 bridgehead atoms. The minimum atomic E-state index is -3.66. The Hall–Kier alpha value is -3.20. The molecule has 9 heteroatoms. The third-order valence-corrected chi connectivity index (χ3v) is 5.79. The van der Waals surface area contributed by atoms with E-state index in [9.17, 15) is 13.2 Å². The Bertz CT molecular complexity index is 1130. The second-order valence-electron chi connectivity index (χ2n) is 8.22. The summed E-state index contributed by atoms with van der Waals surface area (Å²) in [5, 5.41) is 6.53. The van der Waals surface area contributed by atoms with Gasteiger partial charge < -0.3 is 9.84 Å². The highest BCUT2D eigenvalue weighted by atomic mass is 32.2. The van der Waals surface area contributed by atoms with Crippen LogP contribution in [0.25, 0.3) is 11.4 Å². The average molecular weight is 443 g/mol. The molecular formula is C22H26N4O4S. The van der Waals surface area contributed by atoms with Crippen molar-refractivity contribution in [1.82, 2.24) is 15.5 Å². The van der Waals surface area contributed by atoms with Crippen LogP contribution in [0, 0.1) is 0 Å². The number of anilines is 1. The highest BCUT2D eigenvalue weighted by Gasteiger charge is 2.22. The number of nitrogens with one attached hydrogen (secondary N) is 1. The Balaban J connectivity index is 1.66. The standard InChI is InChI=1S/C22H26N4O4S/c1-22(2,3)17-10-12-18(13-11-17)26(31(4,28)29)15-19(27)23-14-20-24-21(25-30-20)16-8-6-5-7-9-16/h5-13H,14-15H2,1-4H3,(H,23,27). The van der Waals surface area contributed by atoms with Gasteiger partial charge in [0.15, 0.2) is 0 Å². The molecule has 0 aliphatic heterocycles. The molecule has 164 valence electrons. The second-order valence-corrected chi connectivity index (χ2v) is 10.1. The molecular weight excluding hydrogens is 416 g/mol. The molecule has 0 fully saturated rings. The average Bonchev–Trinajstić information content (AvgIpc) is 3.19. The van der Waals surface area contributed by atoms with Crippen LogP contribution in [0.2, 0.25) is 0 Å². The van der Waals surface area contributed by atoms with E-state index < -0.39 is 15.9 Å². The largest absolute Gasteiger partial charge is 0.345 e. The smallest absolute Gasteiger partial charge is 0.246 e. The monoisotopic (exact) mass is 442 g/mol. The van der Waals surface area contributed by atoms with Gasteiger partial charge in [-0.15, -0.1) is 0 Å². The van der Waals surface area contributed by atoms with E-state index in [1.54, 1.807) is 12.1 Å². The maximum atomic E-state index is 12.4. The fourth-order valence-electron chi connectivity index (χ4n) is 2.92. The summed E-state index contributed by atoms with van der Waals surface area (Å²) in [5.74, 6) is 0.166. The van der Waals surface area contributed by atoms with E-state index in [0.29, 0.717) is 11.5 Å². The van der Waals surface area contributed by atoms with Crippen LogP contribution in [0.5, 0.6) is 0 Å². The highest BCUT2D eigenvalue weighted by molar-refractivity contribution is 7.92. The first-order chi connectivity index (χ1) is 14.5. The number of hydrogen-bond acceptors (Lipinski definition) is 6. The minimum Gasteiger partial charge on any atom is -0.345 e. The van der Waals surface area contributed by atoms with E-state index in [1.807, 2.05) is 42.5 Å². The summed E-state index contributed by atoms with van der Waals surface area (Å²) < 4.78 is 30.8. The lowest BCUT2D eigenvalue weighted by Gasteiger charge is -2.24. The predicted octanol–water partition coefficient (Wildman–Crippen LogP) is 3.12. The van der Waals surface area contributed by atoms with Crippen LogP contribution in [0.15, 0.2) is 59.1 Å². The summed E-state index contributed by atoms with van der Waals surface area (Å²) in [5.41, 5.74) is 2.23. The van der Waals surface area contributed by atoms with Crippen molar-refractivity contribution in [3.8, 4) is 11.4 Å². The first kappa shape index (κ1) is 22.5. The van der Waals surface area contributed by atoms with Crippen LogP contribution >= 0.6 is 0 Å². The number of carbonyl (C=O) groups is 1. The maximum absolute atomic E-state index is 12.4. The van der Waals surface area contributed by atoms with E-state index in [4.69, 9.17) is 4.52 Å². The molecule has 3 rings (SSSR count). The molecule has 0 unspecified atom stereocenters. The lowest BCUT2D eigenvalue weighted by Crippen LogP contribution is -2.40. The normalized spacial score (nSPS) is 11.9. The number of nitrogens with zero attached hydrogens (tertiary/aromatic N) is 3. The molecule has 1 aromatic heterocycles. The van der Waals surface area contributed by atoms with Crippen LogP contribution in [-0.2, 0) is 26.8 Å². The Labute approximate surface area is 182 Å². The summed E-state index contributed by atoms with van der Waals surface area (Å²) in [4.78, 5) is 16.7. The fourth-order valence-corrected chi connectivity index (χ4v) is 3.78. The Morgan fingerprint density at radius 2 is 1.71 bits per heavy atom. The molecule has 0 spiro atoms. The third-order valence-electron chi connectivity index (χ3n) is 4.65. The molecule has 2 aromatic carbocycles. The van der Waals surface area contributed by atoms with Gasteiger partial charge in [0, 0.05) is 5.56 Å². The van der Waals surface area contributed by atoms with Crippen molar-refractivity contribution >= 4 is 21.6 Å². The topological polar surface area (TPSA) is 105 Å². The number of benzene rings is 2. The Kier molecular flexibility index (Phi) is 6.45. The summed E-state index contributed by atoms with van der Waals surface area (Å²) in [7, 11) is -3.66. The van der Waals surface area contributed by atoms with E-state index in [1.165, 1.54) is 0 Å². The third kappa shape index (κ3) is 5.91. The molecule has 0 saturated carbocycles. The molecule has 1 amide bonds. The van der Waals surface area contributed by atoms with Gasteiger partial charge in [0.2, 0.25) is 27.6 Å². The van der Waals surface area contributed by atoms with Gasteiger partial charge in [-0.3, -0.25) is 9.10 Å². The number of hydrogen-bond donors (Lipinski definition) is 1. The number of sulfonamides is 1. The second kappa shape index (κ2) is 8.89. The van der Waals surface area contributed by atoms with Crippen LogP contribution < -0.4 is 9.62 Å². The zero-order valence-electron chi connectivity index (χ0n) is 18.0. The van der Waals surface area contributed by atoms with E-state index in [2.05, 4.69) is 36.2 Å². The molecule has 31 heavy (non-hydrogen) atoms. The zero-order chi connectivity index (χ0) is 22.6. The lowest BCUT2D eigenvalue weighted by molar-refractivity contribution is -0.119. The quantitative estimate of drug-likeness (QED) is 0.603. The molecule has 1 N–H and O–H groups in total. The molecule has 0 aliphatic carbocycles. The van der Waals surface area contributed by atoms with E-state index in [0.717, 1.165) is 21.7 Å². The van der Waals surface area contributed by atoms with Crippen molar-refractivity contribution in [3.63, 3.8) is 0 Å². The predicted molar refractivity (Wildman–Crippen MR) is 119 cm³/mol. The lowest BCUT2D eigenvalue weighted by atomic mass is 9.87. The van der Waals surface area contributed by atoms with Gasteiger partial charge in [-0.05, 0) is 23.1 Å². The number of rotatable bonds is 7. The van der Waals surface area contributed by atoms with E-state index in [-0.39, 0.29) is 24.4 Å². The number of aromatic nitrogens is 2. The van der Waals surface area contributed by atoms with E-state index >= 15 is 0 Å². The van der Waals surface area contributed by atoms with Gasteiger partial charge in [-0.25, -0.2) is 8.42 Å². The van der Waals surface area contributed by atoms with Crippen LogP contribution in [0.3, 0.4) is 0 Å². The molecule has 8 nitrogen and oxygen atoms in total. The van der Waals surface area contributed by atoms with Crippen molar-refractivity contribution in [2.45, 2.75) is 32.7 Å². The molecule has 3 aromatic rings. The molecule has 0 radical (unpaired) electrons. The number of amides is 1. The van der Waals surface area contributed by atoms with Gasteiger partial charge in [-0.2, -0.15) is 4.98 Å². The Morgan fingerprint density at radius 1 is 1.06 bits per heavy atom. The van der Waals surface area contributed by atoms with Crippen molar-refractivity contribution in [2.75, 3.05) is 17.1 Å². The number of carbonyl (C=O) groups excluding carboxylic acids is 1. The minimum absolute atomic E-state index is 0.000763. The van der Waals surface area contributed by atoms with Gasteiger partial charge in [0.1, 0.15) is 6.54 Å². The van der Waals surface area contributed by atoms with Crippen molar-refractivity contribution < 1.29 is 17.7 Å².